The second-order valence-electron chi connectivity index (χ2n) is 11.4. The summed E-state index contributed by atoms with van der Waals surface area (Å²) in [5.74, 6) is -1.57. The van der Waals surface area contributed by atoms with Gasteiger partial charge >= 0.3 is 12.1 Å². The van der Waals surface area contributed by atoms with Gasteiger partial charge in [-0.3, -0.25) is 14.5 Å². The molecule has 1 heterocycles. The highest BCUT2D eigenvalue weighted by molar-refractivity contribution is 5.91. The van der Waals surface area contributed by atoms with E-state index < -0.39 is 23.6 Å². The van der Waals surface area contributed by atoms with Crippen molar-refractivity contribution in [2.45, 2.75) is 50.7 Å². The number of carbonyl (C=O) groups excluding carboxylic acids is 2. The van der Waals surface area contributed by atoms with Crippen LogP contribution in [0.1, 0.15) is 49.3 Å². The molecule has 2 amide bonds. The first-order valence-corrected chi connectivity index (χ1v) is 14.2. The van der Waals surface area contributed by atoms with Crippen LogP contribution in [0.3, 0.4) is 0 Å². The van der Waals surface area contributed by atoms with Gasteiger partial charge in [0.25, 0.3) is 0 Å². The highest BCUT2D eigenvalue weighted by Gasteiger charge is 2.47. The molecule has 0 radical (unpaired) electrons. The minimum Gasteiger partial charge on any atom is -0.481 e. The molecule has 1 fully saturated rings. The fourth-order valence-corrected chi connectivity index (χ4v) is 5.99. The third kappa shape index (κ3) is 6.28. The fourth-order valence-electron chi connectivity index (χ4n) is 5.99. The number of carbonyl (C=O) groups is 3. The van der Waals surface area contributed by atoms with Crippen molar-refractivity contribution in [1.82, 2.24) is 15.5 Å². The van der Waals surface area contributed by atoms with Gasteiger partial charge in [-0.1, -0.05) is 92.7 Å². The van der Waals surface area contributed by atoms with E-state index in [2.05, 4.69) is 39.8 Å². The number of amides is 2. The third-order valence-electron chi connectivity index (χ3n) is 8.23. The molecule has 1 saturated heterocycles. The number of carboxylic acid groups (broad SMARTS) is 1. The van der Waals surface area contributed by atoms with Gasteiger partial charge < -0.3 is 20.5 Å². The summed E-state index contributed by atoms with van der Waals surface area (Å²) in [6.45, 7) is 5.39. The maximum atomic E-state index is 13.8. The molecule has 214 valence electrons. The Morgan fingerprint density at radius 1 is 0.951 bits per heavy atom. The van der Waals surface area contributed by atoms with E-state index in [1.807, 2.05) is 68.4 Å². The van der Waals surface area contributed by atoms with Crippen LogP contribution in [-0.2, 0) is 20.9 Å². The Balaban J connectivity index is 1.32. The van der Waals surface area contributed by atoms with Gasteiger partial charge in [-0.2, -0.15) is 0 Å². The summed E-state index contributed by atoms with van der Waals surface area (Å²) in [7, 11) is 0. The summed E-state index contributed by atoms with van der Waals surface area (Å²) in [5, 5.41) is 15.2. The normalized spacial score (nSPS) is 18.9. The summed E-state index contributed by atoms with van der Waals surface area (Å²) in [5.41, 5.74) is 4.35. The average Bonchev–Trinajstić information content (AvgIpc) is 3.51. The molecule has 3 aromatic rings. The number of aliphatic carboxylic acids is 1. The van der Waals surface area contributed by atoms with E-state index in [9.17, 15) is 19.5 Å². The van der Waals surface area contributed by atoms with E-state index in [0.29, 0.717) is 19.5 Å². The van der Waals surface area contributed by atoms with Gasteiger partial charge in [0.2, 0.25) is 5.91 Å². The molecule has 8 heteroatoms. The summed E-state index contributed by atoms with van der Waals surface area (Å²) in [6.07, 6.45) is -0.478. The Hall–Kier alpha value is -4.17. The standard InChI is InChI=1S/C33H37N3O5/c1-22(2)29(18-30(37)38)34-31(39)33(16-17-36(21-33)19-23-10-4-3-5-11-23)35-32(40)41-20-28-26-14-8-6-12-24(26)25-13-7-9-15-27(25)28/h3-15,22,28-29H,16-21H2,1-2H3,(H,34,39)(H,35,40)(H,37,38)/t29-,33?/m0/s1. The second-order valence-corrected chi connectivity index (χ2v) is 11.4. The van der Waals surface area contributed by atoms with Crippen molar-refractivity contribution in [2.75, 3.05) is 19.7 Å². The van der Waals surface area contributed by atoms with Crippen molar-refractivity contribution in [1.29, 1.82) is 0 Å². The van der Waals surface area contributed by atoms with Crippen molar-refractivity contribution in [3.8, 4) is 11.1 Å². The van der Waals surface area contributed by atoms with Crippen molar-refractivity contribution in [3.05, 3.63) is 95.6 Å². The third-order valence-corrected chi connectivity index (χ3v) is 8.23. The smallest absolute Gasteiger partial charge is 0.408 e. The maximum Gasteiger partial charge on any atom is 0.408 e. The number of fused-ring (bicyclic) bond motifs is 3. The first-order valence-electron chi connectivity index (χ1n) is 14.2. The van der Waals surface area contributed by atoms with Crippen molar-refractivity contribution >= 4 is 18.0 Å². The van der Waals surface area contributed by atoms with Gasteiger partial charge in [0, 0.05) is 31.6 Å². The highest BCUT2D eigenvalue weighted by atomic mass is 16.5. The Morgan fingerprint density at radius 3 is 2.17 bits per heavy atom. The molecule has 8 nitrogen and oxygen atoms in total. The lowest BCUT2D eigenvalue weighted by molar-refractivity contribution is -0.138. The number of alkyl carbamates (subject to hydrolysis) is 1. The number of ether oxygens (including phenoxy) is 1. The van der Waals surface area contributed by atoms with Crippen molar-refractivity contribution in [2.24, 2.45) is 5.92 Å². The number of benzene rings is 3. The van der Waals surface area contributed by atoms with Crippen LogP contribution in [0.15, 0.2) is 78.9 Å². The van der Waals surface area contributed by atoms with E-state index in [1.165, 1.54) is 0 Å². The SMILES string of the molecule is CC(C)[C@H](CC(=O)O)NC(=O)C1(NC(=O)OCC2c3ccccc3-c3ccccc32)CCN(Cc2ccccc2)C1. The molecule has 0 aromatic heterocycles. The zero-order valence-electron chi connectivity index (χ0n) is 23.5. The molecule has 2 aliphatic rings. The summed E-state index contributed by atoms with van der Waals surface area (Å²) < 4.78 is 5.80. The number of nitrogens with zero attached hydrogens (tertiary/aromatic N) is 1. The van der Waals surface area contributed by atoms with Gasteiger partial charge in [0.1, 0.15) is 12.1 Å². The first-order chi connectivity index (χ1) is 19.8. The lowest BCUT2D eigenvalue weighted by atomic mass is 9.94. The average molecular weight is 556 g/mol. The molecule has 0 spiro atoms. The Labute approximate surface area is 240 Å². The van der Waals surface area contributed by atoms with Gasteiger partial charge in [-0.15, -0.1) is 0 Å². The van der Waals surface area contributed by atoms with E-state index in [1.54, 1.807) is 0 Å². The Morgan fingerprint density at radius 2 is 1.56 bits per heavy atom. The molecule has 3 N–H and O–H groups in total. The molecule has 3 aromatic carbocycles. The topological polar surface area (TPSA) is 108 Å². The predicted molar refractivity (Wildman–Crippen MR) is 156 cm³/mol. The van der Waals surface area contributed by atoms with Gasteiger partial charge in [-0.05, 0) is 40.2 Å². The van der Waals surface area contributed by atoms with Gasteiger partial charge in [-0.25, -0.2) is 4.79 Å². The summed E-state index contributed by atoms with van der Waals surface area (Å²) in [6, 6.07) is 25.6. The number of hydrogen-bond donors (Lipinski definition) is 3. The molecule has 2 atom stereocenters. The van der Waals surface area contributed by atoms with E-state index in [-0.39, 0.29) is 37.3 Å². The zero-order chi connectivity index (χ0) is 29.0. The van der Waals surface area contributed by atoms with Crippen LogP contribution in [0, 0.1) is 5.92 Å². The molecule has 0 saturated carbocycles. The predicted octanol–water partition coefficient (Wildman–Crippen LogP) is 4.79. The zero-order valence-corrected chi connectivity index (χ0v) is 23.5. The second kappa shape index (κ2) is 12.1. The number of likely N-dealkylation sites (tertiary alicyclic amines) is 1. The largest absolute Gasteiger partial charge is 0.481 e. The van der Waals surface area contributed by atoms with Crippen LogP contribution in [-0.4, -0.2) is 59.3 Å². The summed E-state index contributed by atoms with van der Waals surface area (Å²) in [4.78, 5) is 40.7. The Bertz CT molecular complexity index is 1360. The van der Waals surface area contributed by atoms with Crippen LogP contribution >= 0.6 is 0 Å². The highest BCUT2D eigenvalue weighted by Crippen LogP contribution is 2.44. The van der Waals surface area contributed by atoms with Crippen LogP contribution in [0.2, 0.25) is 0 Å². The molecule has 1 aliphatic heterocycles. The van der Waals surface area contributed by atoms with Gasteiger partial charge in [0.05, 0.1) is 6.42 Å². The van der Waals surface area contributed by atoms with E-state index >= 15 is 0 Å². The molecule has 41 heavy (non-hydrogen) atoms. The van der Waals surface area contributed by atoms with Crippen LogP contribution in [0.25, 0.3) is 11.1 Å². The number of carboxylic acids is 1. The minimum absolute atomic E-state index is 0.0941. The van der Waals surface area contributed by atoms with Crippen LogP contribution in [0.4, 0.5) is 4.79 Å². The lowest BCUT2D eigenvalue weighted by Gasteiger charge is -2.32. The van der Waals surface area contributed by atoms with Crippen LogP contribution in [0.5, 0.6) is 0 Å². The summed E-state index contributed by atoms with van der Waals surface area (Å²) >= 11 is 0. The maximum absolute atomic E-state index is 13.8. The van der Waals surface area contributed by atoms with Crippen LogP contribution < -0.4 is 10.6 Å². The molecule has 1 unspecified atom stereocenters. The number of nitrogens with one attached hydrogen (secondary N) is 2. The van der Waals surface area contributed by atoms with Crippen molar-refractivity contribution < 1.29 is 24.2 Å². The minimum atomic E-state index is -1.25. The van der Waals surface area contributed by atoms with Crippen molar-refractivity contribution in [3.63, 3.8) is 0 Å². The first kappa shape index (κ1) is 28.4. The van der Waals surface area contributed by atoms with E-state index in [0.717, 1.165) is 27.8 Å². The fraction of sp³-hybridized carbons (Fsp3) is 0.364. The monoisotopic (exact) mass is 555 g/mol. The number of rotatable bonds is 10. The lowest BCUT2D eigenvalue weighted by Crippen LogP contribution is -2.62. The molecular formula is C33H37N3O5. The number of hydrogen-bond acceptors (Lipinski definition) is 5. The quantitative estimate of drug-likeness (QED) is 0.332. The molecular weight excluding hydrogens is 518 g/mol. The molecule has 0 bridgehead atoms. The van der Waals surface area contributed by atoms with E-state index in [4.69, 9.17) is 4.74 Å². The Kier molecular flexibility index (Phi) is 8.40. The molecule has 5 rings (SSSR count). The van der Waals surface area contributed by atoms with Gasteiger partial charge in [0.15, 0.2) is 0 Å². The molecule has 1 aliphatic carbocycles.